The second-order valence-electron chi connectivity index (χ2n) is 2.39. The Morgan fingerprint density at radius 3 is 2.44 bits per heavy atom. The zero-order valence-electron chi connectivity index (χ0n) is 6.18. The fourth-order valence-electron chi connectivity index (χ4n) is 0.521. The van der Waals surface area contributed by atoms with Crippen LogP contribution in [0.15, 0.2) is 4.99 Å². The molecule has 0 heterocycles. The van der Waals surface area contributed by atoms with E-state index >= 15 is 0 Å². The molecule has 1 nitrogen and oxygen atoms in total. The molecule has 9 heavy (non-hydrogen) atoms. The Balaban J connectivity index is 3.55. The van der Waals surface area contributed by atoms with Crippen LogP contribution in [0.1, 0.15) is 13.8 Å². The molecule has 0 amide bonds. The summed E-state index contributed by atoms with van der Waals surface area (Å²) in [7, 11) is 3.62. The van der Waals surface area contributed by atoms with Gasteiger partial charge in [0, 0.05) is 4.75 Å². The Bertz CT molecular complexity index is 91.1. The molecule has 0 unspecified atom stereocenters. The van der Waals surface area contributed by atoms with Crippen LogP contribution in [0.25, 0.3) is 0 Å². The van der Waals surface area contributed by atoms with E-state index in [0.29, 0.717) is 0 Å². The topological polar surface area (TPSA) is 12.4 Å². The zero-order chi connectivity index (χ0) is 7.33. The van der Waals surface area contributed by atoms with Gasteiger partial charge in [-0.1, -0.05) is 21.6 Å². The minimum absolute atomic E-state index is 0.251. The molecule has 0 saturated carbocycles. The van der Waals surface area contributed by atoms with Crippen molar-refractivity contribution in [2.45, 2.75) is 18.6 Å². The van der Waals surface area contributed by atoms with Crippen molar-refractivity contribution in [3.05, 3.63) is 0 Å². The Kier molecular flexibility index (Phi) is 4.40. The molecule has 0 aromatic heterocycles. The maximum atomic E-state index is 3.84. The van der Waals surface area contributed by atoms with Crippen LogP contribution in [0.5, 0.6) is 0 Å². The summed E-state index contributed by atoms with van der Waals surface area (Å²) < 4.78 is 0.251. The van der Waals surface area contributed by atoms with E-state index in [4.69, 9.17) is 0 Å². The summed E-state index contributed by atoms with van der Waals surface area (Å²) >= 11 is 0. The van der Waals surface area contributed by atoms with Crippen LogP contribution < -0.4 is 0 Å². The number of hydrogen-bond acceptors (Lipinski definition) is 3. The van der Waals surface area contributed by atoms with Crippen molar-refractivity contribution in [1.82, 2.24) is 0 Å². The highest BCUT2D eigenvalue weighted by Gasteiger charge is 2.16. The van der Waals surface area contributed by atoms with Gasteiger partial charge in [0.2, 0.25) is 0 Å². The van der Waals surface area contributed by atoms with E-state index in [0.717, 1.165) is 6.54 Å². The highest BCUT2D eigenvalue weighted by Crippen LogP contribution is 2.33. The van der Waals surface area contributed by atoms with Crippen molar-refractivity contribution < 1.29 is 0 Å². The first-order valence-corrected chi connectivity index (χ1v) is 5.32. The molecule has 0 spiro atoms. The van der Waals surface area contributed by atoms with Crippen LogP contribution in [-0.2, 0) is 0 Å². The van der Waals surface area contributed by atoms with E-state index in [2.05, 4.69) is 31.8 Å². The van der Waals surface area contributed by atoms with Gasteiger partial charge in [0.25, 0.3) is 0 Å². The smallest absolute Gasteiger partial charge is 0.0532 e. The first kappa shape index (κ1) is 9.37. The second kappa shape index (κ2) is 4.23. The molecule has 3 heteroatoms. The van der Waals surface area contributed by atoms with Crippen LogP contribution in [-0.4, -0.2) is 24.3 Å². The van der Waals surface area contributed by atoms with Crippen LogP contribution in [0, 0.1) is 0 Å². The summed E-state index contributed by atoms with van der Waals surface area (Å²) in [6, 6.07) is 0. The minimum atomic E-state index is 0.251. The molecule has 0 N–H and O–H groups in total. The summed E-state index contributed by atoms with van der Waals surface area (Å²) in [5.41, 5.74) is 0. The van der Waals surface area contributed by atoms with Crippen LogP contribution >= 0.6 is 21.6 Å². The van der Waals surface area contributed by atoms with E-state index in [-0.39, 0.29) is 4.75 Å². The predicted octanol–water partition coefficient (Wildman–Crippen LogP) is 2.48. The monoisotopic (exact) mass is 163 g/mol. The first-order valence-electron chi connectivity index (χ1n) is 2.77. The van der Waals surface area contributed by atoms with Gasteiger partial charge in [-0.3, -0.25) is 4.99 Å². The average molecular weight is 163 g/mol. The third kappa shape index (κ3) is 4.85. The highest BCUT2D eigenvalue weighted by atomic mass is 33.1. The predicted molar refractivity (Wildman–Crippen MR) is 49.6 cm³/mol. The first-order chi connectivity index (χ1) is 4.12. The van der Waals surface area contributed by atoms with Crippen molar-refractivity contribution in [2.24, 2.45) is 4.99 Å². The van der Waals surface area contributed by atoms with Crippen LogP contribution in [0.4, 0.5) is 0 Å². The molecule has 0 aromatic carbocycles. The Hall–Kier alpha value is 0.370. The lowest BCUT2D eigenvalue weighted by Crippen LogP contribution is -2.16. The third-order valence-electron chi connectivity index (χ3n) is 0.802. The number of nitrogens with zero attached hydrogens (tertiary/aromatic N) is 1. The summed E-state index contributed by atoms with van der Waals surface area (Å²) in [6.07, 6.45) is 2.08. The summed E-state index contributed by atoms with van der Waals surface area (Å²) in [5.74, 6) is 0. The number of rotatable bonds is 4. The SMILES string of the molecule is C=NCC(C)(C)SSC. The van der Waals surface area contributed by atoms with E-state index < -0.39 is 0 Å². The van der Waals surface area contributed by atoms with Crippen LogP contribution in [0.2, 0.25) is 0 Å². The molecule has 0 aliphatic carbocycles. The molecule has 0 aliphatic rings. The van der Waals surface area contributed by atoms with Crippen molar-refractivity contribution >= 4 is 28.3 Å². The van der Waals surface area contributed by atoms with Gasteiger partial charge in [-0.05, 0) is 26.8 Å². The molecule has 0 radical (unpaired) electrons. The van der Waals surface area contributed by atoms with E-state index in [1.165, 1.54) is 0 Å². The van der Waals surface area contributed by atoms with Gasteiger partial charge in [-0.25, -0.2) is 0 Å². The van der Waals surface area contributed by atoms with Gasteiger partial charge >= 0.3 is 0 Å². The van der Waals surface area contributed by atoms with Crippen molar-refractivity contribution in [3.8, 4) is 0 Å². The maximum absolute atomic E-state index is 3.84. The Labute approximate surface area is 65.1 Å². The molecule has 0 atom stereocenters. The van der Waals surface area contributed by atoms with Crippen molar-refractivity contribution in [2.75, 3.05) is 12.8 Å². The lowest BCUT2D eigenvalue weighted by molar-refractivity contribution is 0.733. The molecular weight excluding hydrogens is 150 g/mol. The van der Waals surface area contributed by atoms with Crippen molar-refractivity contribution in [1.29, 1.82) is 0 Å². The van der Waals surface area contributed by atoms with E-state index in [1.54, 1.807) is 10.8 Å². The molecule has 0 aliphatic heterocycles. The lowest BCUT2D eigenvalue weighted by Gasteiger charge is -2.18. The molecule has 0 aromatic rings. The van der Waals surface area contributed by atoms with E-state index in [1.807, 2.05) is 10.8 Å². The second-order valence-corrected chi connectivity index (χ2v) is 5.50. The molecule has 0 saturated heterocycles. The van der Waals surface area contributed by atoms with Gasteiger partial charge in [-0.15, -0.1) is 0 Å². The number of hydrogen-bond donors (Lipinski definition) is 0. The molecular formula is C6H13NS2. The van der Waals surface area contributed by atoms with E-state index in [9.17, 15) is 0 Å². The van der Waals surface area contributed by atoms with Gasteiger partial charge in [0.05, 0.1) is 6.54 Å². The van der Waals surface area contributed by atoms with Crippen LogP contribution in [0.3, 0.4) is 0 Å². The summed E-state index contributed by atoms with van der Waals surface area (Å²) in [5, 5.41) is 0. The van der Waals surface area contributed by atoms with Crippen molar-refractivity contribution in [3.63, 3.8) is 0 Å². The summed E-state index contributed by atoms with van der Waals surface area (Å²) in [6.45, 7) is 8.63. The standard InChI is InChI=1S/C6H13NS2/c1-6(2,5-7-3)9-8-4/h3,5H2,1-2,4H3. The Morgan fingerprint density at radius 2 is 2.11 bits per heavy atom. The summed E-state index contributed by atoms with van der Waals surface area (Å²) in [4.78, 5) is 3.84. The Morgan fingerprint density at radius 1 is 1.56 bits per heavy atom. The minimum Gasteiger partial charge on any atom is -0.299 e. The van der Waals surface area contributed by atoms with Gasteiger partial charge < -0.3 is 0 Å². The molecule has 0 rings (SSSR count). The third-order valence-corrected chi connectivity index (χ3v) is 3.40. The van der Waals surface area contributed by atoms with Gasteiger partial charge in [0.15, 0.2) is 0 Å². The quantitative estimate of drug-likeness (QED) is 0.466. The molecule has 0 fully saturated rings. The normalized spacial score (nSPS) is 11.4. The molecule has 0 bridgehead atoms. The van der Waals surface area contributed by atoms with Gasteiger partial charge in [0.1, 0.15) is 0 Å². The average Bonchev–Trinajstić information content (AvgIpc) is 1.64. The fraction of sp³-hybridized carbons (Fsp3) is 0.833. The largest absolute Gasteiger partial charge is 0.299 e. The highest BCUT2D eigenvalue weighted by molar-refractivity contribution is 8.76. The fourth-order valence-corrected chi connectivity index (χ4v) is 2.63. The number of aliphatic imine (C=N–C) groups is 1. The maximum Gasteiger partial charge on any atom is 0.0532 e. The lowest BCUT2D eigenvalue weighted by atomic mass is 10.2. The molecule has 54 valence electrons. The van der Waals surface area contributed by atoms with Gasteiger partial charge in [-0.2, -0.15) is 0 Å². The zero-order valence-corrected chi connectivity index (χ0v) is 7.81.